The van der Waals surface area contributed by atoms with Crippen LogP contribution in [0.4, 0.5) is 5.82 Å². The first-order chi connectivity index (χ1) is 16.1. The number of aromatic amines is 1. The first kappa shape index (κ1) is 22.3. The number of hydrogen-bond donors (Lipinski definition) is 2. The van der Waals surface area contributed by atoms with Crippen molar-refractivity contribution in [3.8, 4) is 17.3 Å². The van der Waals surface area contributed by atoms with Crippen LogP contribution < -0.4 is 10.2 Å². The summed E-state index contributed by atoms with van der Waals surface area (Å²) < 4.78 is 0. The zero-order valence-corrected chi connectivity index (χ0v) is 18.9. The Hall–Kier alpha value is -3.92. The van der Waals surface area contributed by atoms with E-state index in [0.29, 0.717) is 31.6 Å². The summed E-state index contributed by atoms with van der Waals surface area (Å²) in [6.07, 6.45) is 5.73. The number of anilines is 1. The van der Waals surface area contributed by atoms with Gasteiger partial charge in [-0.25, -0.2) is 9.97 Å². The first-order valence-electron chi connectivity index (χ1n) is 11.2. The molecule has 2 N–H and O–H groups in total. The molecule has 1 aliphatic heterocycles. The van der Waals surface area contributed by atoms with Gasteiger partial charge in [0.25, 0.3) is 5.91 Å². The maximum Gasteiger partial charge on any atom is 0.253 e. The molecular weight excluding hydrogens is 412 g/mol. The number of hydrogen-bond acceptors (Lipinski definition) is 5. The summed E-state index contributed by atoms with van der Waals surface area (Å²) in [6, 6.07) is 10.0. The summed E-state index contributed by atoms with van der Waals surface area (Å²) in [4.78, 5) is 28.0. The lowest BCUT2D eigenvalue weighted by Crippen LogP contribution is -2.34. The number of H-pyrrole nitrogens is 1. The number of carbonyl (C=O) groups is 1. The molecule has 3 heterocycles. The Morgan fingerprint density at radius 1 is 1.27 bits per heavy atom. The van der Waals surface area contributed by atoms with Crippen molar-refractivity contribution in [3.63, 3.8) is 0 Å². The number of allylic oxidation sites excluding steroid dienone is 1. The van der Waals surface area contributed by atoms with Crippen molar-refractivity contribution in [2.45, 2.75) is 32.1 Å². The van der Waals surface area contributed by atoms with Crippen LogP contribution in [0.25, 0.3) is 22.3 Å². The molecule has 1 aliphatic rings. The molecule has 3 aromatic rings. The van der Waals surface area contributed by atoms with E-state index in [9.17, 15) is 4.79 Å². The number of para-hydroxylation sites is 1. The molecule has 0 saturated carbocycles. The standard InChI is InChI=1S/C26H28N6O/c1-4-9-18-16-28-26(33)20-15-22(30-23(18)20)19-10-8-11-21-24(19)31-25(17(3)29-21)32(13-5-2)14-7-6-12-27/h4-5,8,10-11,15,18,30H,1-2,6-7,9,13-14,16H2,3H3,(H,28,33)/t18-/m0/s1. The van der Waals surface area contributed by atoms with E-state index < -0.39 is 0 Å². The number of aryl methyl sites for hydroxylation is 1. The number of nitrogens with zero attached hydrogens (tertiary/aromatic N) is 4. The van der Waals surface area contributed by atoms with Crippen molar-refractivity contribution in [1.82, 2.24) is 20.3 Å². The lowest BCUT2D eigenvalue weighted by molar-refractivity contribution is 0.0940. The van der Waals surface area contributed by atoms with Crippen LogP contribution in [-0.2, 0) is 0 Å². The largest absolute Gasteiger partial charge is 0.357 e. The van der Waals surface area contributed by atoms with E-state index in [-0.39, 0.29) is 11.8 Å². The molecule has 33 heavy (non-hydrogen) atoms. The molecule has 2 aromatic heterocycles. The number of amides is 1. The fourth-order valence-electron chi connectivity index (χ4n) is 4.40. The Bertz CT molecular complexity index is 1250. The molecule has 1 aromatic carbocycles. The van der Waals surface area contributed by atoms with Crippen LogP contribution in [0.1, 0.15) is 46.9 Å². The molecule has 0 aliphatic carbocycles. The predicted molar refractivity (Wildman–Crippen MR) is 131 cm³/mol. The molecule has 0 bridgehead atoms. The smallest absolute Gasteiger partial charge is 0.253 e. The highest BCUT2D eigenvalue weighted by Crippen LogP contribution is 2.34. The zero-order valence-electron chi connectivity index (χ0n) is 18.9. The Kier molecular flexibility index (Phi) is 6.55. The molecular formula is C26H28N6O. The van der Waals surface area contributed by atoms with Crippen LogP contribution in [0.2, 0.25) is 0 Å². The van der Waals surface area contributed by atoms with Crippen molar-refractivity contribution in [2.75, 3.05) is 24.5 Å². The molecule has 0 spiro atoms. The normalized spacial score (nSPS) is 14.9. The van der Waals surface area contributed by atoms with Crippen molar-refractivity contribution >= 4 is 22.8 Å². The van der Waals surface area contributed by atoms with Gasteiger partial charge in [0, 0.05) is 48.9 Å². The number of nitriles is 1. The van der Waals surface area contributed by atoms with Crippen molar-refractivity contribution < 1.29 is 4.79 Å². The van der Waals surface area contributed by atoms with Crippen LogP contribution in [0.5, 0.6) is 0 Å². The zero-order chi connectivity index (χ0) is 23.4. The number of benzene rings is 1. The topological polar surface area (TPSA) is 97.7 Å². The lowest BCUT2D eigenvalue weighted by atomic mass is 9.94. The number of unbranched alkanes of at least 4 members (excludes halogenated alkanes) is 1. The van der Waals surface area contributed by atoms with Gasteiger partial charge in [-0.15, -0.1) is 13.2 Å². The summed E-state index contributed by atoms with van der Waals surface area (Å²) in [5, 5.41) is 11.9. The second kappa shape index (κ2) is 9.70. The van der Waals surface area contributed by atoms with E-state index in [1.54, 1.807) is 0 Å². The summed E-state index contributed by atoms with van der Waals surface area (Å²) in [5.74, 6) is 0.891. The number of rotatable bonds is 9. The maximum absolute atomic E-state index is 12.5. The van der Waals surface area contributed by atoms with Gasteiger partial charge in [0.15, 0.2) is 5.82 Å². The second-order valence-electron chi connectivity index (χ2n) is 8.24. The fourth-order valence-corrected chi connectivity index (χ4v) is 4.40. The van der Waals surface area contributed by atoms with Crippen molar-refractivity contribution in [1.29, 1.82) is 5.26 Å². The van der Waals surface area contributed by atoms with Crippen LogP contribution in [0.3, 0.4) is 0 Å². The number of fused-ring (bicyclic) bond motifs is 2. The minimum Gasteiger partial charge on any atom is -0.357 e. The van der Waals surface area contributed by atoms with Gasteiger partial charge in [-0.2, -0.15) is 5.26 Å². The molecule has 168 valence electrons. The fraction of sp³-hybridized carbons (Fsp3) is 0.308. The van der Waals surface area contributed by atoms with Gasteiger partial charge in [-0.3, -0.25) is 4.79 Å². The molecule has 0 unspecified atom stereocenters. The molecule has 0 fully saturated rings. The Morgan fingerprint density at radius 2 is 2.12 bits per heavy atom. The third-order valence-corrected chi connectivity index (χ3v) is 5.96. The number of nitrogens with one attached hydrogen (secondary N) is 2. The van der Waals surface area contributed by atoms with E-state index >= 15 is 0 Å². The lowest BCUT2D eigenvalue weighted by Gasteiger charge is -2.23. The Balaban J connectivity index is 1.81. The molecule has 7 heteroatoms. The van der Waals surface area contributed by atoms with Gasteiger partial charge in [-0.05, 0) is 31.9 Å². The third-order valence-electron chi connectivity index (χ3n) is 5.96. The predicted octanol–water partition coefficient (Wildman–Crippen LogP) is 4.63. The molecule has 1 atom stereocenters. The average molecular weight is 441 g/mol. The van der Waals surface area contributed by atoms with Gasteiger partial charge in [0.1, 0.15) is 5.52 Å². The van der Waals surface area contributed by atoms with E-state index in [1.807, 2.05) is 43.3 Å². The molecule has 0 saturated heterocycles. The van der Waals surface area contributed by atoms with Gasteiger partial charge in [0.2, 0.25) is 0 Å². The van der Waals surface area contributed by atoms with E-state index in [1.165, 1.54) is 0 Å². The van der Waals surface area contributed by atoms with Crippen LogP contribution in [-0.4, -0.2) is 40.5 Å². The highest BCUT2D eigenvalue weighted by atomic mass is 16.1. The van der Waals surface area contributed by atoms with Crippen molar-refractivity contribution in [3.05, 3.63) is 66.5 Å². The van der Waals surface area contributed by atoms with Gasteiger partial charge in [-0.1, -0.05) is 24.3 Å². The van der Waals surface area contributed by atoms with E-state index in [2.05, 4.69) is 34.4 Å². The number of aromatic nitrogens is 3. The van der Waals surface area contributed by atoms with E-state index in [0.717, 1.165) is 52.3 Å². The Labute approximate surface area is 193 Å². The van der Waals surface area contributed by atoms with E-state index in [4.69, 9.17) is 15.2 Å². The molecule has 4 rings (SSSR count). The SMILES string of the molecule is C=CC[C@H]1CNC(=O)c2cc(-c3cccc4nc(C)c(N(CC=C)CCCC#N)nc34)[nH]c21. The van der Waals surface area contributed by atoms with Crippen LogP contribution in [0.15, 0.2) is 49.6 Å². The highest BCUT2D eigenvalue weighted by Gasteiger charge is 2.28. The third kappa shape index (κ3) is 4.37. The second-order valence-corrected chi connectivity index (χ2v) is 8.24. The summed E-state index contributed by atoms with van der Waals surface area (Å²) in [6.45, 7) is 11.6. The maximum atomic E-state index is 12.5. The molecule has 0 radical (unpaired) electrons. The van der Waals surface area contributed by atoms with Crippen molar-refractivity contribution in [2.24, 2.45) is 0 Å². The molecule has 1 amide bonds. The monoisotopic (exact) mass is 440 g/mol. The Morgan fingerprint density at radius 3 is 2.88 bits per heavy atom. The summed E-state index contributed by atoms with van der Waals surface area (Å²) in [7, 11) is 0. The quantitative estimate of drug-likeness (QED) is 0.373. The molecule has 7 nitrogen and oxygen atoms in total. The minimum atomic E-state index is -0.0645. The van der Waals surface area contributed by atoms with Gasteiger partial charge >= 0.3 is 0 Å². The van der Waals surface area contributed by atoms with Crippen LogP contribution >= 0.6 is 0 Å². The highest BCUT2D eigenvalue weighted by molar-refractivity contribution is 6.00. The summed E-state index contributed by atoms with van der Waals surface area (Å²) >= 11 is 0. The average Bonchev–Trinajstić information content (AvgIpc) is 3.26. The number of carbonyl (C=O) groups excluding carboxylic acids is 1. The van der Waals surface area contributed by atoms with Gasteiger partial charge in [0.05, 0.1) is 22.8 Å². The van der Waals surface area contributed by atoms with Gasteiger partial charge < -0.3 is 15.2 Å². The summed E-state index contributed by atoms with van der Waals surface area (Å²) in [5.41, 5.74) is 5.75. The minimum absolute atomic E-state index is 0.0645. The van der Waals surface area contributed by atoms with Crippen LogP contribution in [0, 0.1) is 18.3 Å². The first-order valence-corrected chi connectivity index (χ1v) is 11.2.